The standard InChI is InChI=1S/C16H25N3O/c1-16(2)8-6-12(7-9-16)19(3)14-10-11(17)4-5-13(14)15(18)20/h4-5,10,12H,6-9,17H2,1-3H3,(H2,18,20). The molecular weight excluding hydrogens is 250 g/mol. The highest BCUT2D eigenvalue weighted by molar-refractivity contribution is 5.99. The molecule has 0 aromatic heterocycles. The summed E-state index contributed by atoms with van der Waals surface area (Å²) in [6.45, 7) is 4.64. The predicted octanol–water partition coefficient (Wildman–Crippen LogP) is 2.77. The molecule has 0 bridgehead atoms. The zero-order valence-corrected chi connectivity index (χ0v) is 12.6. The molecule has 1 aliphatic carbocycles. The molecule has 0 saturated heterocycles. The molecule has 4 nitrogen and oxygen atoms in total. The van der Waals surface area contributed by atoms with Gasteiger partial charge in [-0.3, -0.25) is 4.79 Å². The van der Waals surface area contributed by atoms with E-state index in [4.69, 9.17) is 11.5 Å². The monoisotopic (exact) mass is 275 g/mol. The molecule has 1 fully saturated rings. The van der Waals surface area contributed by atoms with Gasteiger partial charge in [-0.05, 0) is 49.3 Å². The first-order valence-electron chi connectivity index (χ1n) is 7.22. The van der Waals surface area contributed by atoms with Crippen LogP contribution in [0.1, 0.15) is 49.9 Å². The third kappa shape index (κ3) is 3.06. The Hall–Kier alpha value is -1.71. The molecule has 0 atom stereocenters. The summed E-state index contributed by atoms with van der Waals surface area (Å²) in [6.07, 6.45) is 4.68. The van der Waals surface area contributed by atoms with Crippen LogP contribution in [-0.4, -0.2) is 19.0 Å². The first kappa shape index (κ1) is 14.7. The van der Waals surface area contributed by atoms with Gasteiger partial charge in [0.25, 0.3) is 5.91 Å². The molecule has 4 N–H and O–H groups in total. The molecule has 110 valence electrons. The second-order valence-corrected chi connectivity index (χ2v) is 6.65. The molecule has 0 aliphatic heterocycles. The number of nitrogens with two attached hydrogens (primary N) is 2. The van der Waals surface area contributed by atoms with E-state index in [1.807, 2.05) is 13.1 Å². The molecule has 4 heteroatoms. The van der Waals surface area contributed by atoms with E-state index in [1.165, 1.54) is 12.8 Å². The van der Waals surface area contributed by atoms with Crippen molar-refractivity contribution in [2.24, 2.45) is 11.1 Å². The maximum Gasteiger partial charge on any atom is 0.250 e. The lowest BCUT2D eigenvalue weighted by molar-refractivity contribution is 0.100. The number of nitrogen functional groups attached to an aromatic ring is 1. The predicted molar refractivity (Wildman–Crippen MR) is 83.8 cm³/mol. The maximum absolute atomic E-state index is 11.6. The van der Waals surface area contributed by atoms with Gasteiger partial charge in [-0.2, -0.15) is 0 Å². The van der Waals surface area contributed by atoms with Crippen molar-refractivity contribution in [2.45, 2.75) is 45.6 Å². The number of rotatable bonds is 3. The number of amides is 1. The third-order valence-electron chi connectivity index (χ3n) is 4.52. The number of anilines is 2. The Morgan fingerprint density at radius 3 is 2.45 bits per heavy atom. The van der Waals surface area contributed by atoms with Crippen LogP contribution in [-0.2, 0) is 0 Å². The van der Waals surface area contributed by atoms with E-state index in [1.54, 1.807) is 12.1 Å². The van der Waals surface area contributed by atoms with Crippen molar-refractivity contribution in [1.29, 1.82) is 0 Å². The molecule has 2 rings (SSSR count). The van der Waals surface area contributed by atoms with E-state index >= 15 is 0 Å². The smallest absolute Gasteiger partial charge is 0.250 e. The van der Waals surface area contributed by atoms with Crippen molar-refractivity contribution >= 4 is 17.3 Å². The molecule has 20 heavy (non-hydrogen) atoms. The minimum absolute atomic E-state index is 0.400. The number of primary amides is 1. The Morgan fingerprint density at radius 2 is 1.90 bits per heavy atom. The fourth-order valence-electron chi connectivity index (χ4n) is 3.02. The molecule has 1 aromatic rings. The summed E-state index contributed by atoms with van der Waals surface area (Å²) < 4.78 is 0. The molecule has 1 aliphatic rings. The van der Waals surface area contributed by atoms with Crippen molar-refractivity contribution in [1.82, 2.24) is 0 Å². The van der Waals surface area contributed by atoms with E-state index in [9.17, 15) is 4.79 Å². The summed E-state index contributed by atoms with van der Waals surface area (Å²) in [5.41, 5.74) is 13.8. The lowest BCUT2D eigenvalue weighted by Crippen LogP contribution is -2.38. The van der Waals surface area contributed by atoms with Crippen LogP contribution in [0.15, 0.2) is 18.2 Å². The maximum atomic E-state index is 11.6. The number of benzene rings is 1. The van der Waals surface area contributed by atoms with Gasteiger partial charge in [0.1, 0.15) is 0 Å². The number of nitrogens with zero attached hydrogens (tertiary/aromatic N) is 1. The number of hydrogen-bond donors (Lipinski definition) is 2. The molecule has 0 spiro atoms. The van der Waals surface area contributed by atoms with Crippen LogP contribution in [0.4, 0.5) is 11.4 Å². The summed E-state index contributed by atoms with van der Waals surface area (Å²) in [4.78, 5) is 13.8. The second kappa shape index (κ2) is 5.35. The van der Waals surface area contributed by atoms with E-state index < -0.39 is 5.91 Å². The fraction of sp³-hybridized carbons (Fsp3) is 0.562. The van der Waals surface area contributed by atoms with Crippen LogP contribution in [0.25, 0.3) is 0 Å². The number of carbonyl (C=O) groups is 1. The summed E-state index contributed by atoms with van der Waals surface area (Å²) in [5, 5.41) is 0. The zero-order valence-electron chi connectivity index (χ0n) is 12.6. The van der Waals surface area contributed by atoms with Crippen molar-refractivity contribution < 1.29 is 4.79 Å². The number of hydrogen-bond acceptors (Lipinski definition) is 3. The highest BCUT2D eigenvalue weighted by atomic mass is 16.1. The fourth-order valence-corrected chi connectivity index (χ4v) is 3.02. The molecule has 1 amide bonds. The summed E-state index contributed by atoms with van der Waals surface area (Å²) in [5.74, 6) is -0.400. The van der Waals surface area contributed by atoms with Gasteiger partial charge >= 0.3 is 0 Å². The lowest BCUT2D eigenvalue weighted by Gasteiger charge is -2.40. The lowest BCUT2D eigenvalue weighted by atomic mass is 9.75. The van der Waals surface area contributed by atoms with Gasteiger partial charge in [-0.25, -0.2) is 0 Å². The zero-order chi connectivity index (χ0) is 14.9. The SMILES string of the molecule is CN(c1cc(N)ccc1C(N)=O)C1CCC(C)(C)CC1. The molecule has 0 radical (unpaired) electrons. The summed E-state index contributed by atoms with van der Waals surface area (Å²) in [7, 11) is 2.03. The van der Waals surface area contributed by atoms with Gasteiger partial charge in [0.2, 0.25) is 0 Å². The highest BCUT2D eigenvalue weighted by Crippen LogP contribution is 2.38. The highest BCUT2D eigenvalue weighted by Gasteiger charge is 2.29. The van der Waals surface area contributed by atoms with Crippen molar-refractivity contribution in [3.8, 4) is 0 Å². The molecular formula is C16H25N3O. The van der Waals surface area contributed by atoms with Gasteiger partial charge in [-0.1, -0.05) is 13.8 Å². The summed E-state index contributed by atoms with van der Waals surface area (Å²) >= 11 is 0. The van der Waals surface area contributed by atoms with Crippen LogP contribution < -0.4 is 16.4 Å². The summed E-state index contributed by atoms with van der Waals surface area (Å²) in [6, 6.07) is 5.74. The Kier molecular flexibility index (Phi) is 3.93. The minimum atomic E-state index is -0.400. The average Bonchev–Trinajstić information content (AvgIpc) is 2.37. The first-order valence-corrected chi connectivity index (χ1v) is 7.22. The average molecular weight is 275 g/mol. The first-order chi connectivity index (χ1) is 9.30. The second-order valence-electron chi connectivity index (χ2n) is 6.65. The molecule has 0 unspecified atom stereocenters. The van der Waals surface area contributed by atoms with Crippen LogP contribution in [0.2, 0.25) is 0 Å². The van der Waals surface area contributed by atoms with Gasteiger partial charge in [0.15, 0.2) is 0 Å². The third-order valence-corrected chi connectivity index (χ3v) is 4.52. The normalized spacial score (nSPS) is 18.8. The van der Waals surface area contributed by atoms with Gasteiger partial charge in [-0.15, -0.1) is 0 Å². The van der Waals surface area contributed by atoms with Crippen LogP contribution in [0.5, 0.6) is 0 Å². The van der Waals surface area contributed by atoms with E-state index in [0.29, 0.717) is 22.7 Å². The Labute approximate surface area is 121 Å². The Morgan fingerprint density at radius 1 is 1.30 bits per heavy atom. The van der Waals surface area contributed by atoms with Crippen molar-refractivity contribution in [2.75, 3.05) is 17.7 Å². The Bertz CT molecular complexity index is 500. The van der Waals surface area contributed by atoms with Crippen LogP contribution in [0.3, 0.4) is 0 Å². The Balaban J connectivity index is 2.23. The molecule has 1 saturated carbocycles. The minimum Gasteiger partial charge on any atom is -0.399 e. The van der Waals surface area contributed by atoms with Gasteiger partial charge in [0, 0.05) is 18.8 Å². The van der Waals surface area contributed by atoms with Gasteiger partial charge < -0.3 is 16.4 Å². The van der Waals surface area contributed by atoms with E-state index in [2.05, 4.69) is 18.7 Å². The van der Waals surface area contributed by atoms with E-state index in [-0.39, 0.29) is 0 Å². The number of carbonyl (C=O) groups excluding carboxylic acids is 1. The topological polar surface area (TPSA) is 72.3 Å². The van der Waals surface area contributed by atoms with Crippen molar-refractivity contribution in [3.05, 3.63) is 23.8 Å². The van der Waals surface area contributed by atoms with Crippen LogP contribution in [0, 0.1) is 5.41 Å². The quantitative estimate of drug-likeness (QED) is 0.833. The molecule has 0 heterocycles. The van der Waals surface area contributed by atoms with Crippen LogP contribution >= 0.6 is 0 Å². The van der Waals surface area contributed by atoms with E-state index in [0.717, 1.165) is 18.5 Å². The molecule has 1 aromatic carbocycles. The van der Waals surface area contributed by atoms with Crippen molar-refractivity contribution in [3.63, 3.8) is 0 Å². The largest absolute Gasteiger partial charge is 0.399 e. The van der Waals surface area contributed by atoms with Gasteiger partial charge in [0.05, 0.1) is 11.3 Å².